The zero-order chi connectivity index (χ0) is 22.9. The van der Waals surface area contributed by atoms with E-state index in [9.17, 15) is 4.79 Å². The quantitative estimate of drug-likeness (QED) is 0.383. The van der Waals surface area contributed by atoms with E-state index in [0.717, 1.165) is 67.8 Å². The normalized spacial score (nSPS) is 14.0. The van der Waals surface area contributed by atoms with Crippen molar-refractivity contribution in [1.29, 1.82) is 0 Å². The number of hydrogen-bond acceptors (Lipinski definition) is 6. The number of unbranched alkanes of at least 4 members (excludes halogenated alkanes) is 4. The van der Waals surface area contributed by atoms with Crippen LogP contribution < -0.4 is 10.6 Å². The lowest BCUT2D eigenvalue weighted by Gasteiger charge is -2.17. The molecule has 2 N–H and O–H groups in total. The molecule has 0 saturated carbocycles. The molecule has 2 aromatic heterocycles. The average molecular weight is 442 g/mol. The summed E-state index contributed by atoms with van der Waals surface area (Å²) in [4.78, 5) is 17.0. The Morgan fingerprint density at radius 2 is 2.00 bits per heavy atom. The number of rotatable bonds is 12. The van der Waals surface area contributed by atoms with E-state index in [0.29, 0.717) is 6.54 Å². The number of carbonyl (C=O) groups is 1. The predicted octanol–water partition coefficient (Wildman–Crippen LogP) is 4.00. The topological polar surface area (TPSA) is 81.1 Å². The molecule has 7 nitrogen and oxygen atoms in total. The van der Waals surface area contributed by atoms with Gasteiger partial charge in [-0.1, -0.05) is 31.7 Å². The molecule has 7 heteroatoms. The molecule has 0 aliphatic carbocycles. The third-order valence-electron chi connectivity index (χ3n) is 6.55. The van der Waals surface area contributed by atoms with E-state index in [4.69, 9.17) is 9.72 Å². The SMILES string of the molecule is COC(=O)[C@H](CCCCCCCc1ccc2c(n1)NCCC2)NCc1c(C)nn(C)c1C. The summed E-state index contributed by atoms with van der Waals surface area (Å²) in [6.45, 7) is 5.73. The van der Waals surface area contributed by atoms with Gasteiger partial charge in [0.15, 0.2) is 0 Å². The molecule has 176 valence electrons. The summed E-state index contributed by atoms with van der Waals surface area (Å²) in [5.41, 5.74) is 5.83. The summed E-state index contributed by atoms with van der Waals surface area (Å²) in [6.07, 6.45) is 9.83. The maximum absolute atomic E-state index is 12.2. The Hall–Kier alpha value is -2.41. The van der Waals surface area contributed by atoms with Gasteiger partial charge in [-0.2, -0.15) is 5.10 Å². The molecule has 3 heterocycles. The summed E-state index contributed by atoms with van der Waals surface area (Å²) >= 11 is 0. The number of pyridine rings is 1. The molecule has 32 heavy (non-hydrogen) atoms. The first-order valence-electron chi connectivity index (χ1n) is 12.0. The largest absolute Gasteiger partial charge is 0.468 e. The molecule has 0 saturated heterocycles. The van der Waals surface area contributed by atoms with E-state index < -0.39 is 0 Å². The monoisotopic (exact) mass is 441 g/mol. The molecule has 0 radical (unpaired) electrons. The minimum absolute atomic E-state index is 0.184. The van der Waals surface area contributed by atoms with E-state index in [1.807, 2.05) is 18.7 Å². The molecule has 0 spiro atoms. The van der Waals surface area contributed by atoms with Crippen LogP contribution in [-0.2, 0) is 36.0 Å². The lowest BCUT2D eigenvalue weighted by Crippen LogP contribution is -2.37. The fraction of sp³-hybridized carbons (Fsp3) is 0.640. The minimum atomic E-state index is -0.272. The summed E-state index contributed by atoms with van der Waals surface area (Å²) in [5.74, 6) is 0.906. The second-order valence-electron chi connectivity index (χ2n) is 8.88. The van der Waals surface area contributed by atoms with Crippen molar-refractivity contribution < 1.29 is 9.53 Å². The molecule has 3 rings (SSSR count). The lowest BCUT2D eigenvalue weighted by atomic mass is 10.0. The smallest absolute Gasteiger partial charge is 0.322 e. The molecular weight excluding hydrogens is 402 g/mol. The Labute approximate surface area is 192 Å². The highest BCUT2D eigenvalue weighted by Crippen LogP contribution is 2.20. The van der Waals surface area contributed by atoms with Gasteiger partial charge in [0, 0.05) is 37.1 Å². The van der Waals surface area contributed by atoms with Crippen LogP contribution in [0.15, 0.2) is 12.1 Å². The van der Waals surface area contributed by atoms with E-state index >= 15 is 0 Å². The van der Waals surface area contributed by atoms with E-state index in [1.54, 1.807) is 0 Å². The molecule has 1 aliphatic rings. The average Bonchev–Trinajstić information content (AvgIpc) is 3.05. The third kappa shape index (κ3) is 6.55. The van der Waals surface area contributed by atoms with Crippen LogP contribution in [0.3, 0.4) is 0 Å². The molecule has 0 unspecified atom stereocenters. The Morgan fingerprint density at radius 1 is 1.22 bits per heavy atom. The maximum atomic E-state index is 12.2. The van der Waals surface area contributed by atoms with Crippen molar-refractivity contribution >= 4 is 11.8 Å². The third-order valence-corrected chi connectivity index (χ3v) is 6.55. The summed E-state index contributed by atoms with van der Waals surface area (Å²) in [6, 6.07) is 4.15. The molecular formula is C25H39N5O2. The van der Waals surface area contributed by atoms with Crippen LogP contribution in [0.1, 0.15) is 73.2 Å². The van der Waals surface area contributed by atoms with Crippen LogP contribution in [0.2, 0.25) is 0 Å². The predicted molar refractivity (Wildman–Crippen MR) is 128 cm³/mol. The summed E-state index contributed by atoms with van der Waals surface area (Å²) in [5, 5.41) is 11.3. The van der Waals surface area contributed by atoms with Gasteiger partial charge in [-0.25, -0.2) is 4.98 Å². The number of carbonyl (C=O) groups excluding carboxylic acids is 1. The van der Waals surface area contributed by atoms with Gasteiger partial charge in [0.25, 0.3) is 0 Å². The van der Waals surface area contributed by atoms with Crippen molar-refractivity contribution in [2.45, 2.75) is 84.2 Å². The summed E-state index contributed by atoms with van der Waals surface area (Å²) < 4.78 is 6.90. The zero-order valence-electron chi connectivity index (χ0n) is 20.2. The molecule has 1 aliphatic heterocycles. The van der Waals surface area contributed by atoms with Crippen molar-refractivity contribution in [1.82, 2.24) is 20.1 Å². The molecule has 0 bridgehead atoms. The Balaban J connectivity index is 1.34. The molecule has 1 atom stereocenters. The van der Waals surface area contributed by atoms with Gasteiger partial charge in [0.1, 0.15) is 11.9 Å². The minimum Gasteiger partial charge on any atom is -0.468 e. The number of hydrogen-bond donors (Lipinski definition) is 2. The van der Waals surface area contributed by atoms with Crippen LogP contribution in [-0.4, -0.2) is 40.4 Å². The van der Waals surface area contributed by atoms with Gasteiger partial charge < -0.3 is 15.4 Å². The van der Waals surface area contributed by atoms with Crippen molar-refractivity contribution in [2.75, 3.05) is 19.0 Å². The van der Waals surface area contributed by atoms with Crippen molar-refractivity contribution in [2.24, 2.45) is 7.05 Å². The lowest BCUT2D eigenvalue weighted by molar-refractivity contribution is -0.143. The number of nitrogens with zero attached hydrogens (tertiary/aromatic N) is 3. The number of esters is 1. The van der Waals surface area contributed by atoms with Gasteiger partial charge in [-0.3, -0.25) is 9.48 Å². The maximum Gasteiger partial charge on any atom is 0.322 e. The van der Waals surface area contributed by atoms with Gasteiger partial charge >= 0.3 is 5.97 Å². The second-order valence-corrected chi connectivity index (χ2v) is 8.88. The Morgan fingerprint density at radius 3 is 2.75 bits per heavy atom. The number of fused-ring (bicyclic) bond motifs is 1. The highest BCUT2D eigenvalue weighted by Gasteiger charge is 2.19. The number of aryl methyl sites for hydroxylation is 4. The number of nitrogens with one attached hydrogen (secondary N) is 2. The van der Waals surface area contributed by atoms with E-state index in [2.05, 4.69) is 34.8 Å². The number of ether oxygens (including phenoxy) is 1. The Bertz CT molecular complexity index is 893. The highest BCUT2D eigenvalue weighted by molar-refractivity contribution is 5.75. The van der Waals surface area contributed by atoms with Crippen LogP contribution in [0, 0.1) is 13.8 Å². The fourth-order valence-electron chi connectivity index (χ4n) is 4.44. The van der Waals surface area contributed by atoms with Crippen molar-refractivity contribution in [3.05, 3.63) is 40.3 Å². The standard InChI is InChI=1S/C25H39N5O2/c1-18-22(19(2)30(3)29-18)17-27-23(25(31)32-4)13-9-7-5-6-8-12-21-15-14-20-11-10-16-26-24(20)28-21/h14-15,23,27H,5-13,16-17H2,1-4H3,(H,26,28)/t23-/m0/s1. The molecule has 2 aromatic rings. The first kappa shape index (κ1) is 24.2. The zero-order valence-corrected chi connectivity index (χ0v) is 20.2. The van der Waals surface area contributed by atoms with Crippen LogP contribution in [0.4, 0.5) is 5.82 Å². The first-order chi connectivity index (χ1) is 15.5. The van der Waals surface area contributed by atoms with E-state index in [1.165, 1.54) is 37.6 Å². The molecule has 0 fully saturated rings. The summed E-state index contributed by atoms with van der Waals surface area (Å²) in [7, 11) is 3.41. The van der Waals surface area contributed by atoms with Crippen molar-refractivity contribution in [3.8, 4) is 0 Å². The molecule has 0 amide bonds. The van der Waals surface area contributed by atoms with Gasteiger partial charge in [-0.05, 0) is 57.6 Å². The van der Waals surface area contributed by atoms with E-state index in [-0.39, 0.29) is 12.0 Å². The highest BCUT2D eigenvalue weighted by atomic mass is 16.5. The van der Waals surface area contributed by atoms with Gasteiger partial charge in [0.2, 0.25) is 0 Å². The van der Waals surface area contributed by atoms with Crippen molar-refractivity contribution in [3.63, 3.8) is 0 Å². The van der Waals surface area contributed by atoms with Gasteiger partial charge in [-0.15, -0.1) is 0 Å². The van der Waals surface area contributed by atoms with Crippen LogP contribution >= 0.6 is 0 Å². The molecule has 0 aromatic carbocycles. The number of aromatic nitrogens is 3. The first-order valence-corrected chi connectivity index (χ1v) is 12.0. The second kappa shape index (κ2) is 12.0. The van der Waals surface area contributed by atoms with Gasteiger partial charge in [0.05, 0.1) is 12.8 Å². The Kier molecular flexibility index (Phi) is 9.09. The number of methoxy groups -OCH3 is 1. The fourth-order valence-corrected chi connectivity index (χ4v) is 4.44. The number of anilines is 1. The van der Waals surface area contributed by atoms with Crippen LogP contribution in [0.5, 0.6) is 0 Å². The van der Waals surface area contributed by atoms with Crippen LogP contribution in [0.25, 0.3) is 0 Å².